The van der Waals surface area contributed by atoms with Crippen LogP contribution in [0.1, 0.15) is 75.3 Å². The van der Waals surface area contributed by atoms with E-state index >= 15 is 0 Å². The second kappa shape index (κ2) is 12.5. The van der Waals surface area contributed by atoms with Gasteiger partial charge >= 0.3 is 0 Å². The topological polar surface area (TPSA) is 0 Å². The standard InChI is InChI=1S/C29H39F3/c1-2-3-5-27-18-20-28(29(31,32)22-27)19-17-26-15-13-25(14-16-26)12-11-24-9-7-23(8-10-24)6-4-21-30/h2,7-12,17,19,25-28H,1,3-6,13-16,18,20-22H2/b12-11+,19-17+. The third kappa shape index (κ3) is 7.67. The molecule has 3 heteroatoms. The Balaban J connectivity index is 1.42. The third-order valence-electron chi connectivity index (χ3n) is 7.34. The first kappa shape index (κ1) is 24.9. The van der Waals surface area contributed by atoms with E-state index in [1.807, 2.05) is 12.2 Å². The van der Waals surface area contributed by atoms with Gasteiger partial charge in [0, 0.05) is 12.3 Å². The van der Waals surface area contributed by atoms with Crippen LogP contribution in [-0.2, 0) is 6.42 Å². The molecule has 0 amide bonds. The van der Waals surface area contributed by atoms with Gasteiger partial charge < -0.3 is 0 Å². The molecule has 0 nitrogen and oxygen atoms in total. The molecule has 2 unspecified atom stereocenters. The fourth-order valence-electron chi connectivity index (χ4n) is 5.24. The summed E-state index contributed by atoms with van der Waals surface area (Å²) in [6, 6.07) is 8.37. The lowest BCUT2D eigenvalue weighted by Gasteiger charge is -2.35. The predicted octanol–water partition coefficient (Wildman–Crippen LogP) is 8.98. The van der Waals surface area contributed by atoms with Crippen LogP contribution >= 0.6 is 0 Å². The minimum absolute atomic E-state index is 0.0320. The molecule has 2 atom stereocenters. The largest absolute Gasteiger partial charge is 0.254 e. The maximum absolute atomic E-state index is 14.6. The molecule has 2 fully saturated rings. The maximum Gasteiger partial charge on any atom is 0.254 e. The smallest absolute Gasteiger partial charge is 0.251 e. The van der Waals surface area contributed by atoms with Gasteiger partial charge in [-0.05, 0) is 93.1 Å². The molecule has 0 spiro atoms. The molecule has 0 heterocycles. The second-order valence-corrected chi connectivity index (χ2v) is 9.83. The Bertz CT molecular complexity index is 738. The van der Waals surface area contributed by atoms with Gasteiger partial charge in [-0.1, -0.05) is 54.6 Å². The molecule has 0 bridgehead atoms. The molecule has 0 saturated heterocycles. The van der Waals surface area contributed by atoms with Crippen molar-refractivity contribution in [3.8, 4) is 0 Å². The summed E-state index contributed by atoms with van der Waals surface area (Å²) in [7, 11) is 0. The van der Waals surface area contributed by atoms with Gasteiger partial charge in [0.25, 0.3) is 5.92 Å². The maximum atomic E-state index is 14.6. The van der Waals surface area contributed by atoms with Crippen molar-refractivity contribution in [1.82, 2.24) is 0 Å². The molecule has 32 heavy (non-hydrogen) atoms. The average molecular weight is 445 g/mol. The van der Waals surface area contributed by atoms with Crippen molar-refractivity contribution < 1.29 is 13.2 Å². The summed E-state index contributed by atoms with van der Waals surface area (Å²) < 4.78 is 41.5. The molecule has 2 saturated carbocycles. The van der Waals surface area contributed by atoms with Gasteiger partial charge in [0.2, 0.25) is 0 Å². The fraction of sp³-hybridized carbons (Fsp3) is 0.586. The molecule has 2 aliphatic carbocycles. The Morgan fingerprint density at radius 2 is 1.59 bits per heavy atom. The number of hydrogen-bond donors (Lipinski definition) is 0. The first-order chi connectivity index (χ1) is 15.5. The summed E-state index contributed by atoms with van der Waals surface area (Å²) in [5.41, 5.74) is 2.37. The second-order valence-electron chi connectivity index (χ2n) is 9.83. The summed E-state index contributed by atoms with van der Waals surface area (Å²) in [6.07, 6.45) is 19.3. The number of allylic oxidation sites excluding steroid dienone is 4. The molecular weight excluding hydrogens is 405 g/mol. The van der Waals surface area contributed by atoms with Gasteiger partial charge in [-0.15, -0.1) is 6.58 Å². The van der Waals surface area contributed by atoms with Crippen molar-refractivity contribution in [1.29, 1.82) is 0 Å². The first-order valence-electron chi connectivity index (χ1n) is 12.5. The van der Waals surface area contributed by atoms with Gasteiger partial charge in [-0.3, -0.25) is 4.39 Å². The van der Waals surface area contributed by atoms with Crippen molar-refractivity contribution in [3.05, 3.63) is 66.3 Å². The fourth-order valence-corrected chi connectivity index (χ4v) is 5.24. The van der Waals surface area contributed by atoms with Crippen molar-refractivity contribution in [3.63, 3.8) is 0 Å². The lowest BCUT2D eigenvalue weighted by Crippen LogP contribution is -2.34. The quantitative estimate of drug-likeness (QED) is 0.316. The molecule has 0 radical (unpaired) electrons. The lowest BCUT2D eigenvalue weighted by molar-refractivity contribution is -0.0858. The van der Waals surface area contributed by atoms with E-state index in [0.717, 1.165) is 51.4 Å². The summed E-state index contributed by atoms with van der Waals surface area (Å²) in [6.45, 7) is 3.44. The van der Waals surface area contributed by atoms with Crippen LogP contribution in [0.15, 0.2) is 55.1 Å². The molecule has 0 aromatic heterocycles. The number of benzene rings is 1. The van der Waals surface area contributed by atoms with Gasteiger partial charge in [-0.2, -0.15) is 0 Å². The van der Waals surface area contributed by atoms with Crippen molar-refractivity contribution in [2.45, 2.75) is 76.6 Å². The van der Waals surface area contributed by atoms with E-state index in [4.69, 9.17) is 0 Å². The minimum Gasteiger partial charge on any atom is -0.251 e. The van der Waals surface area contributed by atoms with E-state index < -0.39 is 11.8 Å². The van der Waals surface area contributed by atoms with E-state index in [0.29, 0.717) is 24.7 Å². The molecule has 1 aromatic rings. The highest BCUT2D eigenvalue weighted by Crippen LogP contribution is 2.44. The van der Waals surface area contributed by atoms with Crippen LogP contribution in [0.5, 0.6) is 0 Å². The van der Waals surface area contributed by atoms with Gasteiger partial charge in [0.15, 0.2) is 0 Å². The zero-order valence-corrected chi connectivity index (χ0v) is 19.3. The van der Waals surface area contributed by atoms with Crippen LogP contribution in [0.3, 0.4) is 0 Å². The van der Waals surface area contributed by atoms with Crippen LogP contribution in [-0.4, -0.2) is 12.6 Å². The van der Waals surface area contributed by atoms with Crippen LogP contribution in [0, 0.1) is 23.7 Å². The highest BCUT2D eigenvalue weighted by molar-refractivity contribution is 5.50. The zero-order chi connectivity index (χ0) is 22.8. The predicted molar refractivity (Wildman–Crippen MR) is 130 cm³/mol. The van der Waals surface area contributed by atoms with Crippen LogP contribution in [0.4, 0.5) is 13.2 Å². The molecular formula is C29H39F3. The molecule has 1 aromatic carbocycles. The van der Waals surface area contributed by atoms with Crippen molar-refractivity contribution in [2.75, 3.05) is 6.67 Å². The molecule has 3 rings (SSSR count). The molecule has 0 N–H and O–H groups in total. The van der Waals surface area contributed by atoms with E-state index in [2.05, 4.69) is 49.1 Å². The van der Waals surface area contributed by atoms with E-state index in [1.165, 1.54) is 11.1 Å². The number of rotatable bonds is 10. The summed E-state index contributed by atoms with van der Waals surface area (Å²) in [5, 5.41) is 0. The molecule has 0 aliphatic heterocycles. The van der Waals surface area contributed by atoms with E-state index in [1.54, 1.807) is 0 Å². The SMILES string of the molecule is C=CCCC1CCC(/C=C/C2CCC(/C=C/c3ccc(CCCF)cc3)CC2)C(F)(F)C1. The number of aryl methyl sites for hydroxylation is 1. The number of halogens is 3. The Morgan fingerprint density at radius 1 is 0.906 bits per heavy atom. The normalized spacial score (nSPS) is 28.3. The number of hydrogen-bond acceptors (Lipinski definition) is 0. The first-order valence-corrected chi connectivity index (χ1v) is 12.5. The van der Waals surface area contributed by atoms with Gasteiger partial charge in [-0.25, -0.2) is 8.78 Å². The monoisotopic (exact) mass is 444 g/mol. The van der Waals surface area contributed by atoms with Crippen molar-refractivity contribution in [2.24, 2.45) is 23.7 Å². The van der Waals surface area contributed by atoms with Crippen LogP contribution in [0.25, 0.3) is 6.08 Å². The molecule has 176 valence electrons. The Hall–Kier alpha value is -1.77. The highest BCUT2D eigenvalue weighted by atomic mass is 19.3. The van der Waals surface area contributed by atoms with E-state index in [-0.39, 0.29) is 19.0 Å². The lowest BCUT2D eigenvalue weighted by atomic mass is 9.76. The highest BCUT2D eigenvalue weighted by Gasteiger charge is 2.43. The van der Waals surface area contributed by atoms with E-state index in [9.17, 15) is 13.2 Å². The molecule has 2 aliphatic rings. The number of alkyl halides is 3. The summed E-state index contributed by atoms with van der Waals surface area (Å²) in [4.78, 5) is 0. The Morgan fingerprint density at radius 3 is 2.22 bits per heavy atom. The average Bonchev–Trinajstić information content (AvgIpc) is 2.80. The van der Waals surface area contributed by atoms with Crippen molar-refractivity contribution >= 4 is 6.08 Å². The zero-order valence-electron chi connectivity index (χ0n) is 19.3. The summed E-state index contributed by atoms with van der Waals surface area (Å²) >= 11 is 0. The minimum atomic E-state index is -2.57. The Labute approximate surface area is 192 Å². The Kier molecular flexibility index (Phi) is 9.69. The van der Waals surface area contributed by atoms with Gasteiger partial charge in [0.1, 0.15) is 0 Å². The third-order valence-corrected chi connectivity index (χ3v) is 7.34. The van der Waals surface area contributed by atoms with Gasteiger partial charge in [0.05, 0.1) is 6.67 Å². The van der Waals surface area contributed by atoms with Crippen LogP contribution in [0.2, 0.25) is 0 Å². The summed E-state index contributed by atoms with van der Waals surface area (Å²) in [5.74, 6) is -2.02. The van der Waals surface area contributed by atoms with Crippen LogP contribution < -0.4 is 0 Å².